The summed E-state index contributed by atoms with van der Waals surface area (Å²) >= 11 is 0. The molecule has 1 atom stereocenters. The van der Waals surface area contributed by atoms with Crippen LogP contribution in [0.3, 0.4) is 0 Å². The van der Waals surface area contributed by atoms with Crippen molar-refractivity contribution in [3.8, 4) is 0 Å². The monoisotopic (exact) mass is 248 g/mol. The molecule has 1 unspecified atom stereocenters. The van der Waals surface area contributed by atoms with Gasteiger partial charge in [0.2, 0.25) is 0 Å². The molecule has 18 heavy (non-hydrogen) atoms. The zero-order valence-electron chi connectivity index (χ0n) is 12.1. The van der Waals surface area contributed by atoms with Crippen LogP contribution < -0.4 is 5.73 Å². The molecule has 2 nitrogen and oxygen atoms in total. The van der Waals surface area contributed by atoms with Gasteiger partial charge in [-0.25, -0.2) is 0 Å². The molecule has 0 amide bonds. The van der Waals surface area contributed by atoms with Gasteiger partial charge in [-0.15, -0.1) is 0 Å². The van der Waals surface area contributed by atoms with E-state index in [0.717, 1.165) is 13.1 Å². The van der Waals surface area contributed by atoms with Crippen LogP contribution >= 0.6 is 0 Å². The van der Waals surface area contributed by atoms with Gasteiger partial charge in [-0.1, -0.05) is 50.1 Å². The Morgan fingerprint density at radius 2 is 1.78 bits per heavy atom. The molecule has 0 aliphatic rings. The lowest BCUT2D eigenvalue weighted by Gasteiger charge is -2.29. The molecule has 1 rings (SSSR count). The molecule has 2 heteroatoms. The van der Waals surface area contributed by atoms with Crippen LogP contribution in [0, 0.1) is 0 Å². The maximum Gasteiger partial charge on any atom is 0.0424 e. The smallest absolute Gasteiger partial charge is 0.0424 e. The third-order valence-electron chi connectivity index (χ3n) is 3.44. The van der Waals surface area contributed by atoms with Crippen molar-refractivity contribution in [2.24, 2.45) is 5.73 Å². The van der Waals surface area contributed by atoms with Gasteiger partial charge in [-0.3, -0.25) is 4.90 Å². The fourth-order valence-corrected chi connectivity index (χ4v) is 2.18. The summed E-state index contributed by atoms with van der Waals surface area (Å²) in [6.45, 7) is 8.86. The first kappa shape index (κ1) is 15.2. The number of nitrogens with zero attached hydrogens (tertiary/aromatic N) is 1. The molecule has 0 saturated carbocycles. The van der Waals surface area contributed by atoms with Crippen molar-refractivity contribution in [1.29, 1.82) is 0 Å². The number of unbranched alkanes of at least 4 members (excludes halogenated alkanes) is 2. The van der Waals surface area contributed by atoms with Gasteiger partial charge in [0.1, 0.15) is 0 Å². The molecule has 1 aromatic rings. The highest BCUT2D eigenvalue weighted by atomic mass is 15.2. The maximum absolute atomic E-state index is 6.30. The van der Waals surface area contributed by atoms with Gasteiger partial charge in [0.25, 0.3) is 0 Å². The molecule has 0 saturated heterocycles. The predicted molar refractivity (Wildman–Crippen MR) is 79.6 cm³/mol. The molecular weight excluding hydrogens is 220 g/mol. The van der Waals surface area contributed by atoms with E-state index in [1.807, 2.05) is 6.07 Å². The maximum atomic E-state index is 6.30. The highest BCUT2D eigenvalue weighted by Crippen LogP contribution is 2.13. The van der Waals surface area contributed by atoms with Crippen LogP contribution in [0.15, 0.2) is 30.3 Å². The Bertz CT molecular complexity index is 308. The Morgan fingerprint density at radius 3 is 2.33 bits per heavy atom. The highest BCUT2D eigenvalue weighted by molar-refractivity contribution is 5.18. The summed E-state index contributed by atoms with van der Waals surface area (Å²) in [5.41, 5.74) is 7.53. The number of rotatable bonds is 8. The van der Waals surface area contributed by atoms with Crippen LogP contribution in [0.25, 0.3) is 0 Å². The Kier molecular flexibility index (Phi) is 6.99. The minimum absolute atomic E-state index is 0.121. The standard InChI is InChI=1S/C16H28N2/c1-4-5-9-12-18(14(2)3)13-16(17)15-10-7-6-8-11-15/h6-8,10-11,14,16H,4-5,9,12-13,17H2,1-3H3. The van der Waals surface area contributed by atoms with Gasteiger partial charge in [0.05, 0.1) is 0 Å². The quantitative estimate of drug-likeness (QED) is 0.712. The lowest BCUT2D eigenvalue weighted by Crippen LogP contribution is -2.37. The molecule has 0 fully saturated rings. The molecule has 0 bridgehead atoms. The Morgan fingerprint density at radius 1 is 1.11 bits per heavy atom. The second-order valence-corrected chi connectivity index (χ2v) is 5.31. The van der Waals surface area contributed by atoms with Crippen LogP contribution in [-0.4, -0.2) is 24.0 Å². The van der Waals surface area contributed by atoms with E-state index in [2.05, 4.69) is 49.9 Å². The molecule has 0 heterocycles. The summed E-state index contributed by atoms with van der Waals surface area (Å²) in [5.74, 6) is 0. The predicted octanol–water partition coefficient (Wildman–Crippen LogP) is 3.59. The molecule has 0 aromatic heterocycles. The third-order valence-corrected chi connectivity index (χ3v) is 3.44. The summed E-state index contributed by atoms with van der Waals surface area (Å²) in [4.78, 5) is 2.49. The van der Waals surface area contributed by atoms with Crippen LogP contribution in [-0.2, 0) is 0 Å². The van der Waals surface area contributed by atoms with Crippen molar-refractivity contribution in [3.05, 3.63) is 35.9 Å². The van der Waals surface area contributed by atoms with E-state index in [0.29, 0.717) is 6.04 Å². The molecule has 102 valence electrons. The van der Waals surface area contributed by atoms with E-state index in [1.165, 1.54) is 24.8 Å². The van der Waals surface area contributed by atoms with Crippen molar-refractivity contribution in [2.45, 2.75) is 52.1 Å². The molecule has 0 spiro atoms. The van der Waals surface area contributed by atoms with E-state index in [4.69, 9.17) is 5.73 Å². The minimum atomic E-state index is 0.121. The van der Waals surface area contributed by atoms with Gasteiger partial charge in [-0.2, -0.15) is 0 Å². The van der Waals surface area contributed by atoms with Crippen molar-refractivity contribution in [3.63, 3.8) is 0 Å². The Hall–Kier alpha value is -0.860. The summed E-state index contributed by atoms with van der Waals surface area (Å²) in [7, 11) is 0. The molecule has 1 aromatic carbocycles. The van der Waals surface area contributed by atoms with Gasteiger partial charge in [-0.05, 0) is 32.4 Å². The van der Waals surface area contributed by atoms with E-state index < -0.39 is 0 Å². The number of benzene rings is 1. The first-order valence-electron chi connectivity index (χ1n) is 7.19. The van der Waals surface area contributed by atoms with E-state index in [1.54, 1.807) is 0 Å². The van der Waals surface area contributed by atoms with Crippen LogP contribution in [0.2, 0.25) is 0 Å². The first-order chi connectivity index (χ1) is 8.65. The second-order valence-electron chi connectivity index (χ2n) is 5.31. The molecule has 0 radical (unpaired) electrons. The largest absolute Gasteiger partial charge is 0.323 e. The summed E-state index contributed by atoms with van der Waals surface area (Å²) < 4.78 is 0. The average Bonchev–Trinajstić information content (AvgIpc) is 2.38. The van der Waals surface area contributed by atoms with Crippen molar-refractivity contribution < 1.29 is 0 Å². The number of hydrogen-bond acceptors (Lipinski definition) is 2. The lowest BCUT2D eigenvalue weighted by atomic mass is 10.1. The van der Waals surface area contributed by atoms with Crippen molar-refractivity contribution >= 4 is 0 Å². The fourth-order valence-electron chi connectivity index (χ4n) is 2.18. The van der Waals surface area contributed by atoms with Gasteiger partial charge < -0.3 is 5.73 Å². The Labute approximate surface area is 112 Å². The second kappa shape index (κ2) is 8.28. The van der Waals surface area contributed by atoms with Crippen LogP contribution in [0.4, 0.5) is 0 Å². The van der Waals surface area contributed by atoms with Gasteiger partial charge in [0.15, 0.2) is 0 Å². The van der Waals surface area contributed by atoms with Gasteiger partial charge in [0, 0.05) is 18.6 Å². The first-order valence-corrected chi connectivity index (χ1v) is 7.19. The van der Waals surface area contributed by atoms with Gasteiger partial charge >= 0.3 is 0 Å². The Balaban J connectivity index is 2.50. The van der Waals surface area contributed by atoms with Crippen LogP contribution in [0.1, 0.15) is 51.6 Å². The highest BCUT2D eigenvalue weighted by Gasteiger charge is 2.14. The minimum Gasteiger partial charge on any atom is -0.323 e. The normalized spacial score (nSPS) is 13.2. The number of hydrogen-bond donors (Lipinski definition) is 1. The molecule has 2 N–H and O–H groups in total. The average molecular weight is 248 g/mol. The topological polar surface area (TPSA) is 29.3 Å². The summed E-state index contributed by atoms with van der Waals surface area (Å²) in [6.07, 6.45) is 3.86. The molecular formula is C16H28N2. The number of nitrogens with two attached hydrogens (primary N) is 1. The van der Waals surface area contributed by atoms with E-state index in [9.17, 15) is 0 Å². The van der Waals surface area contributed by atoms with Crippen molar-refractivity contribution in [2.75, 3.05) is 13.1 Å². The molecule has 0 aliphatic carbocycles. The van der Waals surface area contributed by atoms with E-state index >= 15 is 0 Å². The third kappa shape index (κ3) is 5.19. The van der Waals surface area contributed by atoms with Crippen LogP contribution in [0.5, 0.6) is 0 Å². The lowest BCUT2D eigenvalue weighted by molar-refractivity contribution is 0.204. The fraction of sp³-hybridized carbons (Fsp3) is 0.625. The SMILES string of the molecule is CCCCCN(CC(N)c1ccccc1)C(C)C. The summed E-state index contributed by atoms with van der Waals surface area (Å²) in [6, 6.07) is 11.1. The van der Waals surface area contributed by atoms with E-state index in [-0.39, 0.29) is 6.04 Å². The van der Waals surface area contributed by atoms with Crippen molar-refractivity contribution in [1.82, 2.24) is 4.90 Å². The zero-order valence-corrected chi connectivity index (χ0v) is 12.1. The molecule has 0 aliphatic heterocycles. The zero-order chi connectivity index (χ0) is 13.4. The summed E-state index contributed by atoms with van der Waals surface area (Å²) in [5, 5.41) is 0.